The smallest absolute Gasteiger partial charge is 0.144 e. The lowest BCUT2D eigenvalue weighted by Crippen LogP contribution is -2.53. The molecule has 3 nitrogen and oxygen atoms in total. The SMILES string of the molecule is COC(C)(C)CCOC1CC(=O)C12CCCC2. The minimum Gasteiger partial charge on any atom is -0.379 e. The summed E-state index contributed by atoms with van der Waals surface area (Å²) in [6.07, 6.45) is 6.17. The van der Waals surface area contributed by atoms with Gasteiger partial charge in [-0.3, -0.25) is 4.79 Å². The summed E-state index contributed by atoms with van der Waals surface area (Å²) in [7, 11) is 1.73. The molecule has 2 fully saturated rings. The molecule has 2 rings (SSSR count). The molecule has 2 aliphatic carbocycles. The summed E-state index contributed by atoms with van der Waals surface area (Å²) in [6.45, 7) is 4.82. The molecule has 0 saturated heterocycles. The number of Topliss-reactive ketones (excluding diaryl/α,β-unsaturated/α-hetero) is 1. The van der Waals surface area contributed by atoms with E-state index in [9.17, 15) is 4.79 Å². The van der Waals surface area contributed by atoms with Gasteiger partial charge in [0, 0.05) is 20.1 Å². The topological polar surface area (TPSA) is 35.5 Å². The molecule has 0 amide bonds. The lowest BCUT2D eigenvalue weighted by molar-refractivity contribution is -0.164. The maximum atomic E-state index is 11.8. The second-order valence-electron chi connectivity index (χ2n) is 6.06. The van der Waals surface area contributed by atoms with E-state index in [0.717, 1.165) is 19.3 Å². The van der Waals surface area contributed by atoms with Crippen molar-refractivity contribution in [2.45, 2.75) is 64.1 Å². The zero-order valence-corrected chi connectivity index (χ0v) is 11.3. The van der Waals surface area contributed by atoms with Crippen molar-refractivity contribution in [2.75, 3.05) is 13.7 Å². The van der Waals surface area contributed by atoms with Gasteiger partial charge in [0.1, 0.15) is 5.78 Å². The number of carbonyl (C=O) groups excluding carboxylic acids is 1. The lowest BCUT2D eigenvalue weighted by atomic mass is 9.63. The van der Waals surface area contributed by atoms with Crippen molar-refractivity contribution in [1.29, 1.82) is 0 Å². The third-order valence-corrected chi connectivity index (χ3v) is 4.61. The maximum absolute atomic E-state index is 11.8. The van der Waals surface area contributed by atoms with E-state index < -0.39 is 0 Å². The van der Waals surface area contributed by atoms with Gasteiger partial charge in [-0.05, 0) is 33.1 Å². The van der Waals surface area contributed by atoms with Crippen molar-refractivity contribution in [2.24, 2.45) is 5.41 Å². The van der Waals surface area contributed by atoms with E-state index in [1.165, 1.54) is 12.8 Å². The highest BCUT2D eigenvalue weighted by Gasteiger charge is 2.56. The van der Waals surface area contributed by atoms with Gasteiger partial charge < -0.3 is 9.47 Å². The minimum atomic E-state index is -0.128. The maximum Gasteiger partial charge on any atom is 0.144 e. The predicted molar refractivity (Wildman–Crippen MR) is 66.0 cm³/mol. The molecule has 0 aromatic carbocycles. The van der Waals surface area contributed by atoms with E-state index in [2.05, 4.69) is 13.8 Å². The Kier molecular flexibility index (Phi) is 3.60. The van der Waals surface area contributed by atoms with Crippen LogP contribution in [0, 0.1) is 5.41 Å². The summed E-state index contributed by atoms with van der Waals surface area (Å²) in [5.41, 5.74) is -0.214. The molecule has 2 aliphatic rings. The van der Waals surface area contributed by atoms with Gasteiger partial charge in [-0.15, -0.1) is 0 Å². The lowest BCUT2D eigenvalue weighted by Gasteiger charge is -2.45. The number of hydrogen-bond donors (Lipinski definition) is 0. The number of hydrogen-bond acceptors (Lipinski definition) is 3. The van der Waals surface area contributed by atoms with Gasteiger partial charge in [-0.2, -0.15) is 0 Å². The van der Waals surface area contributed by atoms with Gasteiger partial charge in [0.2, 0.25) is 0 Å². The molecule has 1 unspecified atom stereocenters. The molecule has 0 aromatic rings. The van der Waals surface area contributed by atoms with Gasteiger partial charge in [0.15, 0.2) is 0 Å². The molecule has 0 aromatic heterocycles. The Bertz CT molecular complexity index is 290. The Morgan fingerprint density at radius 2 is 2.00 bits per heavy atom. The highest BCUT2D eigenvalue weighted by Crippen LogP contribution is 2.52. The van der Waals surface area contributed by atoms with Crippen molar-refractivity contribution in [1.82, 2.24) is 0 Å². The van der Waals surface area contributed by atoms with Gasteiger partial charge in [-0.1, -0.05) is 12.8 Å². The first-order valence-electron chi connectivity index (χ1n) is 6.70. The Morgan fingerprint density at radius 1 is 1.35 bits per heavy atom. The number of ketones is 1. The van der Waals surface area contributed by atoms with Crippen LogP contribution < -0.4 is 0 Å². The van der Waals surface area contributed by atoms with Crippen LogP contribution in [0.3, 0.4) is 0 Å². The monoisotopic (exact) mass is 240 g/mol. The van der Waals surface area contributed by atoms with Crippen LogP contribution in [-0.4, -0.2) is 31.2 Å². The molecule has 98 valence electrons. The fraction of sp³-hybridized carbons (Fsp3) is 0.929. The van der Waals surface area contributed by atoms with E-state index in [-0.39, 0.29) is 17.1 Å². The van der Waals surface area contributed by atoms with Gasteiger partial charge in [0.05, 0.1) is 17.1 Å². The number of ether oxygens (including phenoxy) is 2. The first-order valence-corrected chi connectivity index (χ1v) is 6.70. The van der Waals surface area contributed by atoms with E-state index in [1.807, 2.05) is 0 Å². The largest absolute Gasteiger partial charge is 0.379 e. The van der Waals surface area contributed by atoms with Crippen LogP contribution in [-0.2, 0) is 14.3 Å². The Morgan fingerprint density at radius 3 is 2.53 bits per heavy atom. The molecule has 2 saturated carbocycles. The molecule has 3 heteroatoms. The van der Waals surface area contributed by atoms with Gasteiger partial charge in [0.25, 0.3) is 0 Å². The Hall–Kier alpha value is -0.410. The first kappa shape index (κ1) is 13.0. The van der Waals surface area contributed by atoms with E-state index in [4.69, 9.17) is 9.47 Å². The summed E-state index contributed by atoms with van der Waals surface area (Å²) >= 11 is 0. The molecule has 0 radical (unpaired) electrons. The summed E-state index contributed by atoms with van der Waals surface area (Å²) in [5, 5.41) is 0. The first-order chi connectivity index (χ1) is 8.00. The molecule has 1 atom stereocenters. The standard InChI is InChI=1S/C14H24O3/c1-13(2,16-3)8-9-17-12-10-11(15)14(12)6-4-5-7-14/h12H,4-10H2,1-3H3. The quantitative estimate of drug-likeness (QED) is 0.741. The van der Waals surface area contributed by atoms with Crippen LogP contribution in [0.1, 0.15) is 52.4 Å². The van der Waals surface area contributed by atoms with Crippen LogP contribution in [0.15, 0.2) is 0 Å². The van der Waals surface area contributed by atoms with Crippen molar-refractivity contribution in [3.8, 4) is 0 Å². The van der Waals surface area contributed by atoms with Gasteiger partial charge in [-0.25, -0.2) is 0 Å². The van der Waals surface area contributed by atoms with Crippen LogP contribution in [0.5, 0.6) is 0 Å². The van der Waals surface area contributed by atoms with Crippen LogP contribution in [0.4, 0.5) is 0 Å². The molecular weight excluding hydrogens is 216 g/mol. The summed E-state index contributed by atoms with van der Waals surface area (Å²) in [6, 6.07) is 0. The third kappa shape index (κ3) is 2.41. The molecule has 17 heavy (non-hydrogen) atoms. The number of rotatable bonds is 5. The fourth-order valence-corrected chi connectivity index (χ4v) is 2.99. The zero-order chi connectivity index (χ0) is 12.5. The molecule has 1 spiro atoms. The second kappa shape index (κ2) is 4.69. The minimum absolute atomic E-state index is 0.0861. The van der Waals surface area contributed by atoms with Crippen LogP contribution in [0.2, 0.25) is 0 Å². The normalized spacial score (nSPS) is 27.5. The zero-order valence-electron chi connectivity index (χ0n) is 11.3. The highest BCUT2D eigenvalue weighted by molar-refractivity contribution is 5.92. The molecular formula is C14H24O3. The van der Waals surface area contributed by atoms with Crippen molar-refractivity contribution in [3.63, 3.8) is 0 Å². The average Bonchev–Trinajstić information content (AvgIpc) is 2.80. The third-order valence-electron chi connectivity index (χ3n) is 4.61. The summed E-state index contributed by atoms with van der Waals surface area (Å²) in [5.74, 6) is 0.436. The Labute approximate surface area is 104 Å². The van der Waals surface area contributed by atoms with Gasteiger partial charge >= 0.3 is 0 Å². The molecule has 0 N–H and O–H groups in total. The number of methoxy groups -OCH3 is 1. The number of carbonyl (C=O) groups is 1. The summed E-state index contributed by atoms with van der Waals surface area (Å²) < 4.78 is 11.3. The fourth-order valence-electron chi connectivity index (χ4n) is 2.99. The second-order valence-corrected chi connectivity index (χ2v) is 6.06. The average molecular weight is 240 g/mol. The summed E-state index contributed by atoms with van der Waals surface area (Å²) in [4.78, 5) is 11.8. The highest BCUT2D eigenvalue weighted by atomic mass is 16.5. The van der Waals surface area contributed by atoms with E-state index in [1.54, 1.807) is 7.11 Å². The van der Waals surface area contributed by atoms with Crippen LogP contribution in [0.25, 0.3) is 0 Å². The van der Waals surface area contributed by atoms with E-state index in [0.29, 0.717) is 18.8 Å². The van der Waals surface area contributed by atoms with E-state index >= 15 is 0 Å². The molecule has 0 aliphatic heterocycles. The van der Waals surface area contributed by atoms with Crippen molar-refractivity contribution in [3.05, 3.63) is 0 Å². The predicted octanol–water partition coefficient (Wildman–Crippen LogP) is 2.72. The molecule has 0 heterocycles. The van der Waals surface area contributed by atoms with Crippen molar-refractivity contribution < 1.29 is 14.3 Å². The van der Waals surface area contributed by atoms with Crippen molar-refractivity contribution >= 4 is 5.78 Å². The molecule has 0 bridgehead atoms. The van der Waals surface area contributed by atoms with Crippen LogP contribution >= 0.6 is 0 Å². The Balaban J connectivity index is 1.79.